The third-order valence-corrected chi connectivity index (χ3v) is 4.91. The van der Waals surface area contributed by atoms with E-state index < -0.39 is 9.84 Å². The van der Waals surface area contributed by atoms with Gasteiger partial charge in [-0.2, -0.15) is 0 Å². The lowest BCUT2D eigenvalue weighted by Gasteiger charge is -2.12. The van der Waals surface area contributed by atoms with E-state index in [0.717, 1.165) is 6.42 Å². The highest BCUT2D eigenvalue weighted by atomic mass is 32.2. The minimum atomic E-state index is -3.27. The van der Waals surface area contributed by atoms with E-state index in [4.69, 9.17) is 0 Å². The topological polar surface area (TPSA) is 75.3 Å². The first-order chi connectivity index (χ1) is 10.0. The van der Waals surface area contributed by atoms with Crippen molar-refractivity contribution in [2.45, 2.75) is 38.0 Å². The Bertz CT molecular complexity index is 556. The van der Waals surface area contributed by atoms with Crippen LogP contribution < -0.4 is 10.6 Å². The lowest BCUT2D eigenvalue weighted by Crippen LogP contribution is -2.26. The lowest BCUT2D eigenvalue weighted by molar-refractivity contribution is -0.120. The molecular formula is C15H24N2O3S. The van der Waals surface area contributed by atoms with E-state index in [1.165, 1.54) is 0 Å². The first-order valence-corrected chi connectivity index (χ1v) is 8.98. The Morgan fingerprint density at radius 3 is 2.48 bits per heavy atom. The van der Waals surface area contributed by atoms with Gasteiger partial charge in [0.15, 0.2) is 9.84 Å². The maximum atomic E-state index is 12.2. The molecule has 0 aliphatic carbocycles. The fraction of sp³-hybridized carbons (Fsp3) is 0.533. The second-order valence-electron chi connectivity index (χ2n) is 4.84. The van der Waals surface area contributed by atoms with Gasteiger partial charge in [0.1, 0.15) is 0 Å². The molecular weight excluding hydrogens is 288 g/mol. The summed E-state index contributed by atoms with van der Waals surface area (Å²) in [5.74, 6) is 0.0983. The van der Waals surface area contributed by atoms with Crippen molar-refractivity contribution in [1.29, 1.82) is 0 Å². The van der Waals surface area contributed by atoms with Crippen LogP contribution >= 0.6 is 0 Å². The quantitative estimate of drug-likeness (QED) is 0.733. The second kappa shape index (κ2) is 8.67. The molecule has 5 nitrogen and oxygen atoms in total. The number of carbonyl (C=O) groups excluding carboxylic acids is 1. The van der Waals surface area contributed by atoms with Crippen LogP contribution in [-0.2, 0) is 14.6 Å². The van der Waals surface area contributed by atoms with Gasteiger partial charge in [-0.3, -0.25) is 4.79 Å². The number of rotatable bonds is 9. The highest BCUT2D eigenvalue weighted by molar-refractivity contribution is 7.91. The third kappa shape index (κ3) is 5.75. The first kappa shape index (κ1) is 17.5. The lowest BCUT2D eigenvalue weighted by atomic mass is 10.3. The summed E-state index contributed by atoms with van der Waals surface area (Å²) in [7, 11) is -3.27. The number of carbonyl (C=O) groups is 1. The molecule has 1 aromatic carbocycles. The maximum Gasteiger partial charge on any atom is 0.221 e. The molecule has 0 saturated carbocycles. The number of amides is 1. The summed E-state index contributed by atoms with van der Waals surface area (Å²) in [6.45, 7) is 4.91. The average Bonchev–Trinajstić information content (AvgIpc) is 2.45. The molecule has 1 rings (SSSR count). The zero-order chi connectivity index (χ0) is 15.7. The maximum absolute atomic E-state index is 12.2. The molecule has 0 aromatic heterocycles. The smallest absolute Gasteiger partial charge is 0.221 e. The molecule has 0 atom stereocenters. The second-order valence-corrected chi connectivity index (χ2v) is 6.92. The highest BCUT2D eigenvalue weighted by Crippen LogP contribution is 2.22. The van der Waals surface area contributed by atoms with Gasteiger partial charge in [0, 0.05) is 19.5 Å². The fourth-order valence-electron chi connectivity index (χ4n) is 1.93. The number of anilines is 1. The van der Waals surface area contributed by atoms with E-state index in [9.17, 15) is 13.2 Å². The average molecular weight is 312 g/mol. The van der Waals surface area contributed by atoms with E-state index in [0.29, 0.717) is 36.5 Å². The minimum Gasteiger partial charge on any atom is -0.383 e. The molecule has 6 heteroatoms. The Labute approximate surface area is 127 Å². The normalized spacial score (nSPS) is 11.1. The minimum absolute atomic E-state index is 0.0294. The zero-order valence-corrected chi connectivity index (χ0v) is 13.5. The number of nitrogens with one attached hydrogen (secondary N) is 2. The molecule has 0 aliphatic heterocycles. The first-order valence-electron chi connectivity index (χ1n) is 7.33. The third-order valence-electron chi connectivity index (χ3n) is 2.93. The fourth-order valence-corrected chi connectivity index (χ4v) is 3.44. The molecule has 0 unspecified atom stereocenters. The predicted octanol–water partition coefficient (Wildman–Crippen LogP) is 2.20. The summed E-state index contributed by atoms with van der Waals surface area (Å²) >= 11 is 0. The summed E-state index contributed by atoms with van der Waals surface area (Å²) in [4.78, 5) is 11.8. The van der Waals surface area contributed by atoms with E-state index in [1.54, 1.807) is 24.3 Å². The molecule has 0 fully saturated rings. The Balaban J connectivity index is 2.66. The van der Waals surface area contributed by atoms with Crippen molar-refractivity contribution in [1.82, 2.24) is 5.32 Å². The van der Waals surface area contributed by atoms with E-state index in [1.807, 2.05) is 13.8 Å². The standard InChI is InChI=1S/C15H24N2O3S/c1-3-10-17-15(18)9-11-16-13-7-5-6-8-14(13)21(19,20)12-4-2/h5-8,16H,3-4,9-12H2,1-2H3,(H,17,18). The van der Waals surface area contributed by atoms with Crippen LogP contribution in [0.2, 0.25) is 0 Å². The molecule has 0 heterocycles. The number of sulfone groups is 1. The van der Waals surface area contributed by atoms with Gasteiger partial charge in [-0.05, 0) is 25.0 Å². The summed E-state index contributed by atoms with van der Waals surface area (Å²) < 4.78 is 24.3. The van der Waals surface area contributed by atoms with Crippen molar-refractivity contribution in [3.05, 3.63) is 24.3 Å². The van der Waals surface area contributed by atoms with Crippen molar-refractivity contribution in [3.8, 4) is 0 Å². The molecule has 21 heavy (non-hydrogen) atoms. The van der Waals surface area contributed by atoms with Crippen molar-refractivity contribution >= 4 is 21.4 Å². The van der Waals surface area contributed by atoms with Gasteiger partial charge in [0.05, 0.1) is 16.3 Å². The van der Waals surface area contributed by atoms with Gasteiger partial charge in [-0.1, -0.05) is 26.0 Å². The monoisotopic (exact) mass is 312 g/mol. The van der Waals surface area contributed by atoms with Crippen LogP contribution in [0.4, 0.5) is 5.69 Å². The highest BCUT2D eigenvalue weighted by Gasteiger charge is 2.17. The van der Waals surface area contributed by atoms with Crippen LogP contribution in [0.5, 0.6) is 0 Å². The van der Waals surface area contributed by atoms with Crippen LogP contribution in [-0.4, -0.2) is 33.2 Å². The van der Waals surface area contributed by atoms with E-state index >= 15 is 0 Å². The van der Waals surface area contributed by atoms with Crippen molar-refractivity contribution in [3.63, 3.8) is 0 Å². The Hall–Kier alpha value is -1.56. The van der Waals surface area contributed by atoms with Gasteiger partial charge in [-0.15, -0.1) is 0 Å². The van der Waals surface area contributed by atoms with Crippen LogP contribution in [0.25, 0.3) is 0 Å². The molecule has 0 radical (unpaired) electrons. The molecule has 0 saturated heterocycles. The summed E-state index contributed by atoms with van der Waals surface area (Å²) in [6, 6.07) is 6.82. The van der Waals surface area contributed by atoms with Gasteiger partial charge in [-0.25, -0.2) is 8.42 Å². The van der Waals surface area contributed by atoms with Crippen molar-refractivity contribution in [2.24, 2.45) is 0 Å². The van der Waals surface area contributed by atoms with E-state index in [-0.39, 0.29) is 11.7 Å². The predicted molar refractivity (Wildman–Crippen MR) is 85.2 cm³/mol. The molecule has 0 spiro atoms. The van der Waals surface area contributed by atoms with Gasteiger partial charge in [0.25, 0.3) is 0 Å². The molecule has 1 aromatic rings. The summed E-state index contributed by atoms with van der Waals surface area (Å²) in [5, 5.41) is 5.83. The zero-order valence-electron chi connectivity index (χ0n) is 12.7. The molecule has 0 bridgehead atoms. The number of hydrogen-bond acceptors (Lipinski definition) is 4. The summed E-state index contributed by atoms with van der Waals surface area (Å²) in [5.41, 5.74) is 0.564. The molecule has 0 aliphatic rings. The van der Waals surface area contributed by atoms with E-state index in [2.05, 4.69) is 10.6 Å². The molecule has 118 valence electrons. The Kier molecular flexibility index (Phi) is 7.22. The van der Waals surface area contributed by atoms with Crippen molar-refractivity contribution < 1.29 is 13.2 Å². The molecule has 1 amide bonds. The SMILES string of the molecule is CCCNC(=O)CCNc1ccccc1S(=O)(=O)CCC. The van der Waals surface area contributed by atoms with Crippen LogP contribution in [0.15, 0.2) is 29.2 Å². The van der Waals surface area contributed by atoms with Crippen molar-refractivity contribution in [2.75, 3.05) is 24.2 Å². The summed E-state index contributed by atoms with van der Waals surface area (Å²) in [6.07, 6.45) is 1.80. The number of benzene rings is 1. The van der Waals surface area contributed by atoms with Gasteiger partial charge < -0.3 is 10.6 Å². The number of hydrogen-bond donors (Lipinski definition) is 2. The molecule has 2 N–H and O–H groups in total. The van der Waals surface area contributed by atoms with Gasteiger partial charge in [0.2, 0.25) is 5.91 Å². The van der Waals surface area contributed by atoms with Crippen LogP contribution in [0, 0.1) is 0 Å². The Morgan fingerprint density at radius 2 is 1.81 bits per heavy atom. The van der Waals surface area contributed by atoms with Crippen LogP contribution in [0.3, 0.4) is 0 Å². The van der Waals surface area contributed by atoms with Gasteiger partial charge >= 0.3 is 0 Å². The largest absolute Gasteiger partial charge is 0.383 e. The van der Waals surface area contributed by atoms with Crippen LogP contribution in [0.1, 0.15) is 33.1 Å². The Morgan fingerprint density at radius 1 is 1.10 bits per heavy atom. The number of para-hydroxylation sites is 1.